The van der Waals surface area contributed by atoms with E-state index in [9.17, 15) is 0 Å². The molecule has 0 heterocycles. The van der Waals surface area contributed by atoms with E-state index in [0.717, 1.165) is 12.0 Å². The maximum Gasteiger partial charge on any atom is 0.00868 e. The van der Waals surface area contributed by atoms with Crippen LogP contribution in [0.3, 0.4) is 0 Å². The van der Waals surface area contributed by atoms with Crippen molar-refractivity contribution in [3.8, 4) is 0 Å². The predicted molar refractivity (Wildman–Crippen MR) is 47.2 cm³/mol. The Morgan fingerprint density at radius 2 is 1.70 bits per heavy atom. The summed E-state index contributed by atoms with van der Waals surface area (Å²) in [5.74, 6) is 0.775. The van der Waals surface area contributed by atoms with Crippen molar-refractivity contribution in [2.75, 3.05) is 13.6 Å². The predicted octanol–water partition coefficient (Wildman–Crippen LogP) is 2.37. The molecule has 0 aliphatic heterocycles. The van der Waals surface area contributed by atoms with Gasteiger partial charge in [-0.15, -0.1) is 0 Å². The first-order valence-electron chi connectivity index (χ1n) is 4.29. The highest BCUT2D eigenvalue weighted by atomic mass is 15.1. The number of rotatable bonds is 4. The average molecular weight is 143 g/mol. The second-order valence-electron chi connectivity index (χ2n) is 3.47. The second kappa shape index (κ2) is 4.73. The fourth-order valence-corrected chi connectivity index (χ4v) is 1.07. The van der Waals surface area contributed by atoms with Crippen LogP contribution in [-0.2, 0) is 0 Å². The normalized spacial score (nSPS) is 14.7. The zero-order valence-corrected chi connectivity index (χ0v) is 8.02. The molecule has 1 unspecified atom stereocenters. The van der Waals surface area contributed by atoms with Gasteiger partial charge in [0.2, 0.25) is 0 Å². The molecule has 1 heteroatoms. The Bertz CT molecular complexity index is 78.8. The molecule has 0 saturated heterocycles. The SMILES string of the molecule is CCCN(C)C(C)C(C)C. The maximum absolute atomic E-state index is 2.42. The van der Waals surface area contributed by atoms with E-state index in [0.29, 0.717) is 0 Å². The van der Waals surface area contributed by atoms with Gasteiger partial charge in [-0.2, -0.15) is 0 Å². The minimum absolute atomic E-state index is 0.722. The quantitative estimate of drug-likeness (QED) is 0.584. The first-order chi connectivity index (χ1) is 4.59. The first kappa shape index (κ1) is 9.96. The molecule has 1 atom stereocenters. The van der Waals surface area contributed by atoms with Crippen LogP contribution in [0, 0.1) is 5.92 Å². The summed E-state index contributed by atoms with van der Waals surface area (Å²) in [7, 11) is 2.20. The first-order valence-corrected chi connectivity index (χ1v) is 4.29. The van der Waals surface area contributed by atoms with Gasteiger partial charge in [0.05, 0.1) is 0 Å². The summed E-state index contributed by atoms with van der Waals surface area (Å²) >= 11 is 0. The van der Waals surface area contributed by atoms with Crippen LogP contribution in [0.25, 0.3) is 0 Å². The molecule has 0 spiro atoms. The molecule has 10 heavy (non-hydrogen) atoms. The minimum Gasteiger partial charge on any atom is -0.303 e. The third-order valence-electron chi connectivity index (χ3n) is 2.24. The molecule has 62 valence electrons. The van der Waals surface area contributed by atoms with Crippen molar-refractivity contribution >= 4 is 0 Å². The van der Waals surface area contributed by atoms with Crippen molar-refractivity contribution in [3.05, 3.63) is 0 Å². The summed E-state index contributed by atoms with van der Waals surface area (Å²) in [6.45, 7) is 10.3. The van der Waals surface area contributed by atoms with E-state index in [1.165, 1.54) is 13.0 Å². The zero-order valence-electron chi connectivity index (χ0n) is 8.02. The van der Waals surface area contributed by atoms with E-state index in [1.54, 1.807) is 0 Å². The Morgan fingerprint density at radius 1 is 1.20 bits per heavy atom. The van der Waals surface area contributed by atoms with Crippen LogP contribution in [0.5, 0.6) is 0 Å². The van der Waals surface area contributed by atoms with Gasteiger partial charge in [-0.25, -0.2) is 0 Å². The third-order valence-corrected chi connectivity index (χ3v) is 2.24. The van der Waals surface area contributed by atoms with Crippen LogP contribution < -0.4 is 0 Å². The van der Waals surface area contributed by atoms with Crippen LogP contribution in [0.2, 0.25) is 0 Å². The van der Waals surface area contributed by atoms with Crippen molar-refractivity contribution in [1.82, 2.24) is 4.90 Å². The molecule has 0 aliphatic carbocycles. The minimum atomic E-state index is 0.722. The van der Waals surface area contributed by atoms with Crippen molar-refractivity contribution in [3.63, 3.8) is 0 Å². The van der Waals surface area contributed by atoms with Crippen LogP contribution in [-0.4, -0.2) is 24.5 Å². The molecular formula is C9H21N. The molecule has 0 aromatic rings. The Hall–Kier alpha value is -0.0400. The van der Waals surface area contributed by atoms with Crippen molar-refractivity contribution in [2.45, 2.75) is 40.2 Å². The smallest absolute Gasteiger partial charge is 0.00868 e. The van der Waals surface area contributed by atoms with Gasteiger partial charge in [-0.1, -0.05) is 20.8 Å². The lowest BCUT2D eigenvalue weighted by atomic mass is 10.1. The van der Waals surface area contributed by atoms with Gasteiger partial charge < -0.3 is 4.90 Å². The highest BCUT2D eigenvalue weighted by Crippen LogP contribution is 2.07. The van der Waals surface area contributed by atoms with Crippen molar-refractivity contribution in [2.24, 2.45) is 5.92 Å². The fraction of sp³-hybridized carbons (Fsp3) is 1.00. The maximum atomic E-state index is 2.42. The van der Waals surface area contributed by atoms with Crippen LogP contribution in [0.1, 0.15) is 34.1 Å². The highest BCUT2D eigenvalue weighted by molar-refractivity contribution is 4.65. The van der Waals surface area contributed by atoms with E-state index >= 15 is 0 Å². The summed E-state index contributed by atoms with van der Waals surface area (Å²) in [4.78, 5) is 2.42. The molecule has 1 nitrogen and oxygen atoms in total. The van der Waals surface area contributed by atoms with Crippen molar-refractivity contribution < 1.29 is 0 Å². The van der Waals surface area contributed by atoms with Crippen LogP contribution >= 0.6 is 0 Å². The standard InChI is InChI=1S/C9H21N/c1-6-7-10(5)9(4)8(2)3/h8-9H,6-7H2,1-5H3. The molecule has 0 fully saturated rings. The summed E-state index contributed by atoms with van der Waals surface area (Å²) in [5.41, 5.74) is 0. The fourth-order valence-electron chi connectivity index (χ4n) is 1.07. The Labute approximate surface area is 65.4 Å². The molecule has 0 aromatic heterocycles. The third kappa shape index (κ3) is 3.21. The highest BCUT2D eigenvalue weighted by Gasteiger charge is 2.10. The summed E-state index contributed by atoms with van der Waals surface area (Å²) in [6.07, 6.45) is 1.26. The van der Waals surface area contributed by atoms with Gasteiger partial charge in [0.25, 0.3) is 0 Å². The number of hydrogen-bond acceptors (Lipinski definition) is 1. The lowest BCUT2D eigenvalue weighted by Crippen LogP contribution is -2.33. The molecule has 0 radical (unpaired) electrons. The monoisotopic (exact) mass is 143 g/mol. The van der Waals surface area contributed by atoms with E-state index < -0.39 is 0 Å². The molecule has 0 amide bonds. The second-order valence-corrected chi connectivity index (χ2v) is 3.47. The molecule has 0 aromatic carbocycles. The van der Waals surface area contributed by atoms with Gasteiger partial charge in [-0.3, -0.25) is 0 Å². The van der Waals surface area contributed by atoms with Crippen LogP contribution in [0.4, 0.5) is 0 Å². The zero-order chi connectivity index (χ0) is 8.15. The molecule has 0 N–H and O–H groups in total. The molecule has 0 saturated carbocycles. The van der Waals surface area contributed by atoms with Gasteiger partial charge in [0, 0.05) is 6.04 Å². The molecule has 0 bridgehead atoms. The van der Waals surface area contributed by atoms with E-state index in [1.807, 2.05) is 0 Å². The lowest BCUT2D eigenvalue weighted by Gasteiger charge is -2.27. The Kier molecular flexibility index (Phi) is 4.71. The van der Waals surface area contributed by atoms with Gasteiger partial charge in [0.1, 0.15) is 0 Å². The summed E-state index contributed by atoms with van der Waals surface area (Å²) in [5, 5.41) is 0. The number of hydrogen-bond donors (Lipinski definition) is 0. The summed E-state index contributed by atoms with van der Waals surface area (Å²) < 4.78 is 0. The molecular weight excluding hydrogens is 122 g/mol. The van der Waals surface area contributed by atoms with E-state index in [4.69, 9.17) is 0 Å². The van der Waals surface area contributed by atoms with Gasteiger partial charge in [0.15, 0.2) is 0 Å². The molecule has 0 aliphatic rings. The number of nitrogens with zero attached hydrogens (tertiary/aromatic N) is 1. The van der Waals surface area contributed by atoms with Gasteiger partial charge in [-0.05, 0) is 32.9 Å². The van der Waals surface area contributed by atoms with Crippen LogP contribution in [0.15, 0.2) is 0 Å². The Morgan fingerprint density at radius 3 is 2.00 bits per heavy atom. The topological polar surface area (TPSA) is 3.24 Å². The summed E-state index contributed by atoms with van der Waals surface area (Å²) in [6, 6.07) is 0.722. The lowest BCUT2D eigenvalue weighted by molar-refractivity contribution is 0.208. The van der Waals surface area contributed by atoms with Gasteiger partial charge >= 0.3 is 0 Å². The van der Waals surface area contributed by atoms with E-state index in [2.05, 4.69) is 39.6 Å². The molecule has 0 rings (SSSR count). The average Bonchev–Trinajstić information content (AvgIpc) is 1.87. The van der Waals surface area contributed by atoms with Crippen molar-refractivity contribution in [1.29, 1.82) is 0 Å². The largest absolute Gasteiger partial charge is 0.303 e. The van der Waals surface area contributed by atoms with E-state index in [-0.39, 0.29) is 0 Å². The Balaban J connectivity index is 3.58.